The first-order valence-corrected chi connectivity index (χ1v) is 9.48. The van der Waals surface area contributed by atoms with E-state index in [-0.39, 0.29) is 24.0 Å². The fraction of sp³-hybridized carbons (Fsp3) is 0.944. The standard InChI is InChI=1S/C18H35N3O2.HI/c1-3-19-18(21(2)14-16-10-12-22-15-16)20-11-13-23-17-8-6-4-5-7-9-17;/h16-17H,3-15H2,1-2H3,(H,19,20);1H. The number of hydrogen-bond acceptors (Lipinski definition) is 3. The Morgan fingerprint density at radius 3 is 2.58 bits per heavy atom. The van der Waals surface area contributed by atoms with Crippen molar-refractivity contribution in [2.24, 2.45) is 10.9 Å². The van der Waals surface area contributed by atoms with E-state index in [9.17, 15) is 0 Å². The average molecular weight is 453 g/mol. The number of aliphatic imine (C=N–C) groups is 1. The van der Waals surface area contributed by atoms with E-state index in [1.54, 1.807) is 0 Å². The third-order valence-corrected chi connectivity index (χ3v) is 4.76. The number of nitrogens with one attached hydrogen (secondary N) is 1. The fourth-order valence-electron chi connectivity index (χ4n) is 3.45. The minimum absolute atomic E-state index is 0. The summed E-state index contributed by atoms with van der Waals surface area (Å²) in [4.78, 5) is 6.96. The summed E-state index contributed by atoms with van der Waals surface area (Å²) >= 11 is 0. The van der Waals surface area contributed by atoms with Crippen LogP contribution >= 0.6 is 24.0 Å². The largest absolute Gasteiger partial charge is 0.381 e. The van der Waals surface area contributed by atoms with Gasteiger partial charge in [0, 0.05) is 32.7 Å². The van der Waals surface area contributed by atoms with E-state index in [0.29, 0.717) is 12.0 Å². The second-order valence-corrected chi connectivity index (χ2v) is 6.83. The summed E-state index contributed by atoms with van der Waals surface area (Å²) < 4.78 is 11.5. The van der Waals surface area contributed by atoms with Crippen molar-refractivity contribution in [3.8, 4) is 0 Å². The number of halogens is 1. The molecule has 0 amide bonds. The Labute approximate surface area is 165 Å². The van der Waals surface area contributed by atoms with Crippen LogP contribution in [0.1, 0.15) is 51.9 Å². The summed E-state index contributed by atoms with van der Waals surface area (Å²) in [5, 5.41) is 3.38. The van der Waals surface area contributed by atoms with E-state index in [0.717, 1.165) is 51.8 Å². The molecule has 1 unspecified atom stereocenters. The predicted molar refractivity (Wildman–Crippen MR) is 110 cm³/mol. The molecule has 2 rings (SSSR count). The Bertz CT molecular complexity index is 341. The van der Waals surface area contributed by atoms with Crippen LogP contribution < -0.4 is 5.32 Å². The zero-order valence-electron chi connectivity index (χ0n) is 15.5. The van der Waals surface area contributed by atoms with Crippen LogP contribution in [0.4, 0.5) is 0 Å². The number of guanidine groups is 1. The molecule has 5 nitrogen and oxygen atoms in total. The summed E-state index contributed by atoms with van der Waals surface area (Å²) in [5.74, 6) is 1.62. The van der Waals surface area contributed by atoms with Crippen LogP contribution in [-0.2, 0) is 9.47 Å². The van der Waals surface area contributed by atoms with Crippen LogP contribution in [0.25, 0.3) is 0 Å². The summed E-state index contributed by atoms with van der Waals surface area (Å²) in [5.41, 5.74) is 0. The highest BCUT2D eigenvalue weighted by atomic mass is 127. The third kappa shape index (κ3) is 8.34. The van der Waals surface area contributed by atoms with Crippen LogP contribution in [-0.4, -0.2) is 63.5 Å². The smallest absolute Gasteiger partial charge is 0.193 e. The Hall–Kier alpha value is -0.0800. The van der Waals surface area contributed by atoms with Gasteiger partial charge in [-0.3, -0.25) is 4.99 Å². The minimum atomic E-state index is 0. The highest BCUT2D eigenvalue weighted by Gasteiger charge is 2.19. The Balaban J connectivity index is 0.00000288. The molecule has 24 heavy (non-hydrogen) atoms. The molecule has 1 saturated carbocycles. The van der Waals surface area contributed by atoms with Gasteiger partial charge in [0.1, 0.15) is 0 Å². The van der Waals surface area contributed by atoms with E-state index < -0.39 is 0 Å². The number of rotatable bonds is 7. The molecule has 1 atom stereocenters. The maximum absolute atomic E-state index is 6.03. The minimum Gasteiger partial charge on any atom is -0.381 e. The van der Waals surface area contributed by atoms with E-state index >= 15 is 0 Å². The average Bonchev–Trinajstić information content (AvgIpc) is 2.92. The summed E-state index contributed by atoms with van der Waals surface area (Å²) in [6, 6.07) is 0. The van der Waals surface area contributed by atoms with Gasteiger partial charge in [-0.05, 0) is 26.2 Å². The Kier molecular flexibility index (Phi) is 12.0. The van der Waals surface area contributed by atoms with Crippen molar-refractivity contribution >= 4 is 29.9 Å². The summed E-state index contributed by atoms with van der Waals surface area (Å²) in [7, 11) is 2.12. The van der Waals surface area contributed by atoms with Crippen LogP contribution in [0.15, 0.2) is 4.99 Å². The van der Waals surface area contributed by atoms with Gasteiger partial charge < -0.3 is 19.7 Å². The molecular formula is C18H36IN3O2. The topological polar surface area (TPSA) is 46.1 Å². The molecule has 0 aromatic heterocycles. The van der Waals surface area contributed by atoms with Crippen LogP contribution in [0, 0.1) is 5.92 Å². The van der Waals surface area contributed by atoms with Gasteiger partial charge >= 0.3 is 0 Å². The molecule has 142 valence electrons. The molecule has 0 spiro atoms. The number of ether oxygens (including phenoxy) is 2. The van der Waals surface area contributed by atoms with Crippen LogP contribution in [0.3, 0.4) is 0 Å². The molecule has 1 heterocycles. The van der Waals surface area contributed by atoms with Crippen molar-refractivity contribution in [3.63, 3.8) is 0 Å². The van der Waals surface area contributed by atoms with Crippen molar-refractivity contribution < 1.29 is 9.47 Å². The van der Waals surface area contributed by atoms with Gasteiger partial charge in [-0.2, -0.15) is 0 Å². The lowest BCUT2D eigenvalue weighted by Crippen LogP contribution is -2.41. The van der Waals surface area contributed by atoms with Gasteiger partial charge in [-0.1, -0.05) is 25.7 Å². The second-order valence-electron chi connectivity index (χ2n) is 6.83. The normalized spacial score (nSPS) is 22.8. The molecule has 1 aliphatic heterocycles. The molecule has 0 aromatic carbocycles. The van der Waals surface area contributed by atoms with Gasteiger partial charge in [-0.25, -0.2) is 0 Å². The summed E-state index contributed by atoms with van der Waals surface area (Å²) in [6.07, 6.45) is 9.47. The zero-order valence-corrected chi connectivity index (χ0v) is 17.8. The van der Waals surface area contributed by atoms with Crippen LogP contribution in [0.2, 0.25) is 0 Å². The Morgan fingerprint density at radius 1 is 1.21 bits per heavy atom. The predicted octanol–water partition coefficient (Wildman–Crippen LogP) is 3.28. The maximum atomic E-state index is 6.03. The highest BCUT2D eigenvalue weighted by molar-refractivity contribution is 14.0. The molecule has 1 saturated heterocycles. The van der Waals surface area contributed by atoms with Crippen molar-refractivity contribution in [1.82, 2.24) is 10.2 Å². The number of hydrogen-bond donors (Lipinski definition) is 1. The molecule has 0 aromatic rings. The zero-order chi connectivity index (χ0) is 16.3. The van der Waals surface area contributed by atoms with Gasteiger partial charge in [0.2, 0.25) is 0 Å². The first kappa shape index (κ1) is 22.0. The van der Waals surface area contributed by atoms with Gasteiger partial charge in [0.15, 0.2) is 5.96 Å². The lowest BCUT2D eigenvalue weighted by atomic mass is 10.1. The molecule has 0 bridgehead atoms. The SMILES string of the molecule is CCNC(=NCCOC1CCCCCC1)N(C)CC1CCOC1.I. The monoisotopic (exact) mass is 453 g/mol. The third-order valence-electron chi connectivity index (χ3n) is 4.76. The van der Waals surface area contributed by atoms with E-state index in [1.165, 1.54) is 38.5 Å². The van der Waals surface area contributed by atoms with Crippen molar-refractivity contribution in [3.05, 3.63) is 0 Å². The first-order valence-electron chi connectivity index (χ1n) is 9.48. The van der Waals surface area contributed by atoms with E-state index in [1.807, 2.05) is 0 Å². The van der Waals surface area contributed by atoms with E-state index in [2.05, 4.69) is 24.2 Å². The Morgan fingerprint density at radius 2 is 1.96 bits per heavy atom. The van der Waals surface area contributed by atoms with E-state index in [4.69, 9.17) is 14.5 Å². The van der Waals surface area contributed by atoms with Crippen LogP contribution in [0.5, 0.6) is 0 Å². The van der Waals surface area contributed by atoms with Gasteiger partial charge in [0.25, 0.3) is 0 Å². The molecule has 2 aliphatic rings. The highest BCUT2D eigenvalue weighted by Crippen LogP contribution is 2.19. The van der Waals surface area contributed by atoms with Gasteiger partial charge in [-0.15, -0.1) is 24.0 Å². The molecule has 0 radical (unpaired) electrons. The van der Waals surface area contributed by atoms with Crippen molar-refractivity contribution in [2.45, 2.75) is 58.0 Å². The lowest BCUT2D eigenvalue weighted by Gasteiger charge is -2.24. The molecule has 6 heteroatoms. The fourth-order valence-corrected chi connectivity index (χ4v) is 3.45. The van der Waals surface area contributed by atoms with Gasteiger partial charge in [0.05, 0.1) is 25.9 Å². The second kappa shape index (κ2) is 13.2. The van der Waals surface area contributed by atoms with Crippen molar-refractivity contribution in [2.75, 3.05) is 46.5 Å². The quantitative estimate of drug-likeness (QED) is 0.211. The first-order chi connectivity index (χ1) is 11.3. The molecule has 1 aliphatic carbocycles. The summed E-state index contributed by atoms with van der Waals surface area (Å²) in [6.45, 7) is 7.29. The maximum Gasteiger partial charge on any atom is 0.193 e. The van der Waals surface area contributed by atoms with Crippen molar-refractivity contribution in [1.29, 1.82) is 0 Å². The molecular weight excluding hydrogens is 417 g/mol. The lowest BCUT2D eigenvalue weighted by molar-refractivity contribution is 0.0486. The number of nitrogens with zero attached hydrogens (tertiary/aromatic N) is 2. The molecule has 1 N–H and O–H groups in total. The molecule has 2 fully saturated rings.